The zero-order valence-corrected chi connectivity index (χ0v) is 37.5. The van der Waals surface area contributed by atoms with E-state index in [1.54, 1.807) is 27.2 Å². The molecule has 0 bridgehead atoms. The minimum Gasteiger partial charge on any atom is -0.379 e. The molecule has 16 nitrogen and oxygen atoms in total. The summed E-state index contributed by atoms with van der Waals surface area (Å²) >= 11 is 1.59. The Labute approximate surface area is 372 Å². The van der Waals surface area contributed by atoms with Crippen molar-refractivity contribution in [1.82, 2.24) is 30.7 Å². The molecule has 4 heterocycles. The second-order valence-corrected chi connectivity index (χ2v) is 17.9. The van der Waals surface area contributed by atoms with Crippen LogP contribution in [-0.4, -0.2) is 128 Å². The van der Waals surface area contributed by atoms with E-state index in [2.05, 4.69) is 20.9 Å². The van der Waals surface area contributed by atoms with E-state index in [1.807, 2.05) is 69.6 Å². The zero-order chi connectivity index (χ0) is 44.9. The summed E-state index contributed by atoms with van der Waals surface area (Å²) in [7, 11) is 0. The first-order chi connectivity index (χ1) is 30.3. The smallest absolute Gasteiger partial charge is 0.255 e. The molecule has 6 rings (SSSR count). The maximum atomic E-state index is 13.9. The van der Waals surface area contributed by atoms with Gasteiger partial charge in [0.2, 0.25) is 29.5 Å². The van der Waals surface area contributed by atoms with Gasteiger partial charge in [-0.25, -0.2) is 4.98 Å². The number of nitrogens with zero attached hydrogens (tertiary/aromatic N) is 3. The van der Waals surface area contributed by atoms with Crippen molar-refractivity contribution in [2.24, 2.45) is 5.41 Å². The molecule has 0 radical (unpaired) electrons. The Hall–Kier alpha value is -5.07. The number of benzene rings is 2. The molecule has 3 aromatic rings. The quantitative estimate of drug-likeness (QED) is 0.0984. The van der Waals surface area contributed by atoms with Crippen LogP contribution in [0.2, 0.25) is 0 Å². The van der Waals surface area contributed by atoms with Gasteiger partial charge in [-0.05, 0) is 72.8 Å². The van der Waals surface area contributed by atoms with Crippen LogP contribution >= 0.6 is 11.3 Å². The highest BCUT2D eigenvalue weighted by Crippen LogP contribution is 2.31. The maximum absolute atomic E-state index is 13.9. The second-order valence-electron chi connectivity index (χ2n) is 17.1. The van der Waals surface area contributed by atoms with Crippen LogP contribution in [0.4, 0.5) is 0 Å². The highest BCUT2D eigenvalue weighted by atomic mass is 32.1. The number of hydrogen-bond donors (Lipinski definition) is 3. The van der Waals surface area contributed by atoms with Crippen molar-refractivity contribution in [3.8, 4) is 10.4 Å². The summed E-state index contributed by atoms with van der Waals surface area (Å²) in [6.45, 7) is 11.0. The summed E-state index contributed by atoms with van der Waals surface area (Å²) < 4.78 is 22.4. The topological polar surface area (TPSA) is 195 Å². The molecular weight excluding hydrogens is 829 g/mol. The molecule has 63 heavy (non-hydrogen) atoms. The highest BCUT2D eigenvalue weighted by molar-refractivity contribution is 7.13. The fourth-order valence-electron chi connectivity index (χ4n) is 8.05. The van der Waals surface area contributed by atoms with E-state index in [4.69, 9.17) is 18.9 Å². The highest BCUT2D eigenvalue weighted by Gasteiger charge is 2.42. The Morgan fingerprint density at radius 1 is 0.921 bits per heavy atom. The van der Waals surface area contributed by atoms with E-state index in [9.17, 15) is 28.8 Å². The number of fused-ring (bicyclic) bond motifs is 1. The van der Waals surface area contributed by atoms with Crippen LogP contribution in [0.5, 0.6) is 0 Å². The summed E-state index contributed by atoms with van der Waals surface area (Å²) in [6.07, 6.45) is 3.27. The lowest BCUT2D eigenvalue weighted by atomic mass is 9.85. The number of carbonyl (C=O) groups is 6. The number of amides is 6. The van der Waals surface area contributed by atoms with Gasteiger partial charge in [-0.3, -0.25) is 34.1 Å². The van der Waals surface area contributed by atoms with Crippen molar-refractivity contribution in [2.75, 3.05) is 59.4 Å². The van der Waals surface area contributed by atoms with Crippen molar-refractivity contribution >= 4 is 46.8 Å². The van der Waals surface area contributed by atoms with Gasteiger partial charge in [-0.1, -0.05) is 57.2 Å². The minimum atomic E-state index is -0.849. The average Bonchev–Trinajstić information content (AvgIpc) is 4.01. The molecule has 3 N–H and O–H groups in total. The lowest BCUT2D eigenvalue weighted by Gasteiger charge is -2.35. The second kappa shape index (κ2) is 22.5. The number of carbonyl (C=O) groups excluding carboxylic acids is 6. The number of ether oxygens (including phenoxy) is 4. The van der Waals surface area contributed by atoms with E-state index in [0.717, 1.165) is 45.7 Å². The first-order valence-corrected chi connectivity index (χ1v) is 22.6. The molecule has 0 aliphatic carbocycles. The number of imide groups is 1. The van der Waals surface area contributed by atoms with Gasteiger partial charge in [0.15, 0.2) is 0 Å². The first kappa shape index (κ1) is 47.4. The number of piperidine rings is 1. The number of hydrogen-bond acceptors (Lipinski definition) is 12. The molecule has 2 fully saturated rings. The Morgan fingerprint density at radius 3 is 2.29 bits per heavy atom. The lowest BCUT2D eigenvalue weighted by Crippen LogP contribution is -2.58. The monoisotopic (exact) mass is 888 g/mol. The predicted molar refractivity (Wildman–Crippen MR) is 234 cm³/mol. The number of rotatable bonds is 22. The number of aromatic nitrogens is 1. The molecule has 17 heteroatoms. The largest absolute Gasteiger partial charge is 0.379 e. The van der Waals surface area contributed by atoms with Crippen molar-refractivity contribution in [3.63, 3.8) is 0 Å². The van der Waals surface area contributed by atoms with Crippen LogP contribution in [0.15, 0.2) is 48.0 Å². The maximum Gasteiger partial charge on any atom is 0.255 e. The fraction of sp³-hybridized carbons (Fsp3) is 0.543. The molecule has 3 atom stereocenters. The van der Waals surface area contributed by atoms with Gasteiger partial charge in [0.05, 0.1) is 55.7 Å². The summed E-state index contributed by atoms with van der Waals surface area (Å²) in [4.78, 5) is 85.7. The molecule has 3 aliphatic heterocycles. The van der Waals surface area contributed by atoms with Crippen LogP contribution in [0.25, 0.3) is 10.4 Å². The number of nitrogens with one attached hydrogen (secondary N) is 3. The van der Waals surface area contributed by atoms with Crippen molar-refractivity contribution in [3.05, 3.63) is 75.9 Å². The molecule has 1 aromatic heterocycles. The third kappa shape index (κ3) is 12.8. The minimum absolute atomic E-state index is 0.178. The molecule has 0 spiro atoms. The lowest BCUT2D eigenvalue weighted by molar-refractivity contribution is -0.144. The Kier molecular flexibility index (Phi) is 16.9. The molecule has 3 aliphatic rings. The van der Waals surface area contributed by atoms with Gasteiger partial charge in [0, 0.05) is 38.2 Å². The summed E-state index contributed by atoms with van der Waals surface area (Å²) in [6, 6.07) is 11.5. The van der Waals surface area contributed by atoms with Crippen molar-refractivity contribution < 1.29 is 47.7 Å². The van der Waals surface area contributed by atoms with Crippen LogP contribution < -0.4 is 16.0 Å². The van der Waals surface area contributed by atoms with Crippen LogP contribution in [-0.2, 0) is 62.4 Å². The van der Waals surface area contributed by atoms with Crippen molar-refractivity contribution in [2.45, 2.75) is 97.4 Å². The number of aryl methyl sites for hydroxylation is 2. The summed E-state index contributed by atoms with van der Waals surface area (Å²) in [5.74, 6) is -1.84. The van der Waals surface area contributed by atoms with Gasteiger partial charge in [-0.2, -0.15) is 0 Å². The van der Waals surface area contributed by atoms with E-state index < -0.39 is 35.4 Å². The zero-order valence-electron chi connectivity index (χ0n) is 36.7. The number of likely N-dealkylation sites (tertiary alicyclic amines) is 1. The Balaban J connectivity index is 0.801. The Bertz CT molecular complexity index is 2090. The van der Waals surface area contributed by atoms with Gasteiger partial charge in [0.25, 0.3) is 5.91 Å². The average molecular weight is 889 g/mol. The third-order valence-corrected chi connectivity index (χ3v) is 12.4. The van der Waals surface area contributed by atoms with E-state index in [1.165, 1.54) is 0 Å². The predicted octanol–water partition coefficient (Wildman–Crippen LogP) is 3.72. The molecular formula is C46H60N6O10S. The summed E-state index contributed by atoms with van der Waals surface area (Å²) in [5.41, 5.74) is 6.81. The summed E-state index contributed by atoms with van der Waals surface area (Å²) in [5, 5.41) is 8.19. The van der Waals surface area contributed by atoms with Gasteiger partial charge in [0.1, 0.15) is 24.7 Å². The fourth-order valence-corrected chi connectivity index (χ4v) is 8.87. The van der Waals surface area contributed by atoms with Gasteiger partial charge in [-0.15, -0.1) is 11.3 Å². The molecule has 340 valence electrons. The SMILES string of the molecule is Cc1ncsc1-c1ccc(CNC(=O)C2CCCN2C(=O)[C@@H](NC(=O)COCCOCCOCCOCCCc2cccc3c2CN(C2CCC(=O)NC2=O)C3=O)C(C)(C)C)cc1. The van der Waals surface area contributed by atoms with Crippen LogP contribution in [0.1, 0.15) is 85.6 Å². The molecule has 2 unspecified atom stereocenters. The Morgan fingerprint density at radius 2 is 1.62 bits per heavy atom. The van der Waals surface area contributed by atoms with Crippen molar-refractivity contribution in [1.29, 1.82) is 0 Å². The van der Waals surface area contributed by atoms with E-state index in [-0.39, 0.29) is 49.9 Å². The third-order valence-electron chi connectivity index (χ3n) is 11.4. The van der Waals surface area contributed by atoms with Gasteiger partial charge < -0.3 is 39.4 Å². The standard InChI is InChI=1S/C46H60N6O10S/c1-30-40(63-29-48-30)33-14-12-31(13-15-33)26-47-42(55)36-11-6-18-51(36)45(58)41(46(2,3)4)49-39(54)28-62-25-24-61-23-22-60-21-20-59-19-7-9-32-8-5-10-34-35(32)27-52(44(34)57)37-16-17-38(53)50-43(37)56/h5,8,10,12-15,29,36-37,41H,6-7,9,11,16-28H2,1-4H3,(H,47,55)(H,49,54)(H,50,53,56)/t36?,37?,41-/m1/s1. The van der Waals surface area contributed by atoms with Crippen LogP contribution in [0.3, 0.4) is 0 Å². The molecule has 2 saturated heterocycles. The van der Waals surface area contributed by atoms with Crippen LogP contribution in [0, 0.1) is 12.3 Å². The molecule has 2 aromatic carbocycles. The van der Waals surface area contributed by atoms with E-state index in [0.29, 0.717) is 77.5 Å². The van der Waals surface area contributed by atoms with Gasteiger partial charge >= 0.3 is 0 Å². The molecule has 0 saturated carbocycles. The first-order valence-electron chi connectivity index (χ1n) is 21.7. The number of thiazole rings is 1. The molecule has 6 amide bonds. The van der Waals surface area contributed by atoms with E-state index >= 15 is 0 Å². The normalized spacial score (nSPS) is 18.1.